The van der Waals surface area contributed by atoms with E-state index in [0.29, 0.717) is 13.1 Å². The van der Waals surface area contributed by atoms with Crippen LogP contribution in [0.5, 0.6) is 0 Å². The third-order valence-corrected chi connectivity index (χ3v) is 6.44. The average molecular weight is 429 g/mol. The van der Waals surface area contributed by atoms with Crippen LogP contribution in [-0.4, -0.2) is 96.5 Å². The zero-order valence-electron chi connectivity index (χ0n) is 17.1. The number of thiophene rings is 1. The lowest BCUT2D eigenvalue weighted by Gasteiger charge is -2.36. The van der Waals surface area contributed by atoms with Gasteiger partial charge in [0.1, 0.15) is 0 Å². The number of carbonyl (C=O) groups is 1. The van der Waals surface area contributed by atoms with Gasteiger partial charge >= 0.3 is 0 Å². The minimum absolute atomic E-state index is 0.0600. The highest BCUT2D eigenvalue weighted by atomic mass is 32.1. The topological polar surface area (TPSA) is 76.0 Å². The maximum atomic E-state index is 12.4. The van der Waals surface area contributed by atoms with Crippen molar-refractivity contribution in [1.29, 1.82) is 0 Å². The number of nitrogens with zero attached hydrogens (tertiary/aromatic N) is 6. The molecule has 0 spiro atoms. The number of rotatable bonds is 6. The molecule has 0 radical (unpaired) electrons. The Morgan fingerprint density at radius 1 is 0.967 bits per heavy atom. The van der Waals surface area contributed by atoms with Crippen LogP contribution in [0.2, 0.25) is 0 Å². The van der Waals surface area contributed by atoms with Crippen molar-refractivity contribution in [2.24, 2.45) is 0 Å². The summed E-state index contributed by atoms with van der Waals surface area (Å²) in [6, 6.07) is 8.04. The monoisotopic (exact) mass is 428 g/mol. The van der Waals surface area contributed by atoms with E-state index in [-0.39, 0.29) is 12.5 Å². The summed E-state index contributed by atoms with van der Waals surface area (Å²) in [7, 11) is 0. The first-order valence-corrected chi connectivity index (χ1v) is 11.3. The first-order chi connectivity index (χ1) is 14.7. The summed E-state index contributed by atoms with van der Waals surface area (Å²) in [5.74, 6) is 1.82. The Labute approximate surface area is 181 Å². The number of aromatic nitrogens is 2. The van der Waals surface area contributed by atoms with Gasteiger partial charge in [0.2, 0.25) is 5.91 Å². The minimum Gasteiger partial charge on any atom is -0.395 e. The summed E-state index contributed by atoms with van der Waals surface area (Å²) >= 11 is 1.63. The van der Waals surface area contributed by atoms with Crippen molar-refractivity contribution in [3.05, 3.63) is 40.6 Å². The molecule has 8 nitrogen and oxygen atoms in total. The average Bonchev–Trinajstić information content (AvgIpc) is 3.32. The number of β-amino-alcohol motifs (C(OH)–C–C–N with tert-alkyl or cyclic N) is 1. The predicted molar refractivity (Wildman–Crippen MR) is 120 cm³/mol. The van der Waals surface area contributed by atoms with E-state index in [1.807, 2.05) is 40.6 Å². The molecule has 0 bridgehead atoms. The molecule has 0 aromatic carbocycles. The van der Waals surface area contributed by atoms with Gasteiger partial charge in [-0.2, -0.15) is 0 Å². The van der Waals surface area contributed by atoms with Gasteiger partial charge in [0, 0.05) is 69.9 Å². The third kappa shape index (κ3) is 5.16. The van der Waals surface area contributed by atoms with Gasteiger partial charge in [0.05, 0.1) is 6.61 Å². The van der Waals surface area contributed by atoms with Crippen LogP contribution in [0, 0.1) is 0 Å². The molecule has 0 unspecified atom stereocenters. The highest BCUT2D eigenvalue weighted by Gasteiger charge is 2.22. The van der Waals surface area contributed by atoms with Crippen LogP contribution in [0.25, 0.3) is 6.08 Å². The fourth-order valence-electron chi connectivity index (χ4n) is 3.80. The van der Waals surface area contributed by atoms with E-state index in [0.717, 1.165) is 62.3 Å². The predicted octanol–water partition coefficient (Wildman–Crippen LogP) is 1.01. The highest BCUT2D eigenvalue weighted by molar-refractivity contribution is 7.10. The number of anilines is 2. The minimum atomic E-state index is 0.0600. The van der Waals surface area contributed by atoms with Gasteiger partial charge in [-0.1, -0.05) is 6.07 Å². The molecule has 1 amide bonds. The number of piperazine rings is 2. The van der Waals surface area contributed by atoms with E-state index in [2.05, 4.69) is 24.9 Å². The molecular formula is C21H28N6O2S. The van der Waals surface area contributed by atoms with E-state index in [1.54, 1.807) is 17.4 Å². The van der Waals surface area contributed by atoms with Gasteiger partial charge in [-0.3, -0.25) is 9.69 Å². The van der Waals surface area contributed by atoms with E-state index in [4.69, 9.17) is 5.11 Å². The molecule has 0 saturated carbocycles. The number of carbonyl (C=O) groups excluding carboxylic acids is 1. The molecule has 30 heavy (non-hydrogen) atoms. The van der Waals surface area contributed by atoms with Crippen molar-refractivity contribution in [3.63, 3.8) is 0 Å². The Morgan fingerprint density at radius 3 is 2.13 bits per heavy atom. The number of amides is 1. The van der Waals surface area contributed by atoms with Crippen LogP contribution in [-0.2, 0) is 4.79 Å². The normalized spacial score (nSPS) is 18.4. The summed E-state index contributed by atoms with van der Waals surface area (Å²) in [6.45, 7) is 7.48. The van der Waals surface area contributed by atoms with E-state index in [1.165, 1.54) is 0 Å². The van der Waals surface area contributed by atoms with Crippen molar-refractivity contribution in [3.8, 4) is 0 Å². The molecule has 4 heterocycles. The summed E-state index contributed by atoms with van der Waals surface area (Å²) in [5.41, 5.74) is 0. The van der Waals surface area contributed by atoms with Crippen LogP contribution in [0.3, 0.4) is 0 Å². The Kier molecular flexibility index (Phi) is 6.93. The first-order valence-electron chi connectivity index (χ1n) is 10.4. The van der Waals surface area contributed by atoms with Gasteiger partial charge in [-0.05, 0) is 29.7 Å². The van der Waals surface area contributed by atoms with Crippen molar-refractivity contribution in [2.75, 3.05) is 75.3 Å². The second kappa shape index (κ2) is 10.0. The smallest absolute Gasteiger partial charge is 0.246 e. The lowest BCUT2D eigenvalue weighted by molar-refractivity contribution is -0.126. The molecule has 0 atom stereocenters. The molecule has 2 aliphatic rings. The third-order valence-electron chi connectivity index (χ3n) is 5.60. The van der Waals surface area contributed by atoms with Gasteiger partial charge < -0.3 is 19.8 Å². The van der Waals surface area contributed by atoms with Gasteiger partial charge in [-0.25, -0.2) is 0 Å². The highest BCUT2D eigenvalue weighted by Crippen LogP contribution is 2.18. The molecule has 2 aliphatic heterocycles. The SMILES string of the molecule is O=C(/C=C/c1cccs1)N1CCN(c2ccc(N3CCN(CCO)CC3)nn2)CC1. The van der Waals surface area contributed by atoms with Crippen LogP contribution in [0.1, 0.15) is 4.88 Å². The largest absolute Gasteiger partial charge is 0.395 e. The summed E-state index contributed by atoms with van der Waals surface area (Å²) in [5, 5.41) is 19.9. The second-order valence-electron chi connectivity index (χ2n) is 7.46. The summed E-state index contributed by atoms with van der Waals surface area (Å²) < 4.78 is 0. The number of hydrogen-bond donors (Lipinski definition) is 1. The van der Waals surface area contributed by atoms with Crippen LogP contribution in [0.15, 0.2) is 35.7 Å². The number of aliphatic hydroxyl groups excluding tert-OH is 1. The van der Waals surface area contributed by atoms with Gasteiger partial charge in [0.15, 0.2) is 11.6 Å². The van der Waals surface area contributed by atoms with Gasteiger partial charge in [-0.15, -0.1) is 21.5 Å². The van der Waals surface area contributed by atoms with Crippen LogP contribution < -0.4 is 9.80 Å². The van der Waals surface area contributed by atoms with Crippen LogP contribution >= 0.6 is 11.3 Å². The zero-order chi connectivity index (χ0) is 20.8. The first kappa shape index (κ1) is 20.8. The lowest BCUT2D eigenvalue weighted by atomic mass is 10.2. The number of aliphatic hydroxyl groups is 1. The van der Waals surface area contributed by atoms with E-state index >= 15 is 0 Å². The molecular weight excluding hydrogens is 400 g/mol. The van der Waals surface area contributed by atoms with Crippen molar-refractivity contribution in [2.45, 2.75) is 0 Å². The fourth-order valence-corrected chi connectivity index (χ4v) is 4.42. The van der Waals surface area contributed by atoms with E-state index < -0.39 is 0 Å². The maximum Gasteiger partial charge on any atom is 0.246 e. The lowest BCUT2D eigenvalue weighted by Crippen LogP contribution is -2.49. The fraction of sp³-hybridized carbons (Fsp3) is 0.476. The van der Waals surface area contributed by atoms with Gasteiger partial charge in [0.25, 0.3) is 0 Å². The standard InChI is InChI=1S/C21H28N6O2S/c28-16-15-24-7-9-25(10-8-24)19-4-5-20(23-22-19)26-11-13-27(14-12-26)21(29)6-3-18-2-1-17-30-18/h1-6,17,28H,7-16H2/b6-3+. The molecule has 160 valence electrons. The summed E-state index contributed by atoms with van der Waals surface area (Å²) in [6.07, 6.45) is 3.55. The molecule has 2 fully saturated rings. The van der Waals surface area contributed by atoms with Crippen molar-refractivity contribution >= 4 is 35.0 Å². The van der Waals surface area contributed by atoms with Crippen molar-refractivity contribution in [1.82, 2.24) is 20.0 Å². The Bertz CT molecular complexity index is 826. The summed E-state index contributed by atoms with van der Waals surface area (Å²) in [4.78, 5) is 22.0. The number of hydrogen-bond acceptors (Lipinski definition) is 8. The molecule has 4 rings (SSSR count). The molecule has 1 N–H and O–H groups in total. The second-order valence-corrected chi connectivity index (χ2v) is 8.44. The maximum absolute atomic E-state index is 12.4. The Hall–Kier alpha value is -2.49. The molecule has 2 saturated heterocycles. The molecule has 2 aromatic heterocycles. The van der Waals surface area contributed by atoms with E-state index in [9.17, 15) is 4.79 Å². The molecule has 0 aliphatic carbocycles. The Morgan fingerprint density at radius 2 is 1.60 bits per heavy atom. The Balaban J connectivity index is 1.26. The molecule has 9 heteroatoms. The molecule has 2 aromatic rings. The quantitative estimate of drug-likeness (QED) is 0.689. The van der Waals surface area contributed by atoms with Crippen molar-refractivity contribution < 1.29 is 9.90 Å². The van der Waals surface area contributed by atoms with Crippen LogP contribution in [0.4, 0.5) is 11.6 Å². The zero-order valence-corrected chi connectivity index (χ0v) is 17.9.